The lowest BCUT2D eigenvalue weighted by atomic mass is 10.00. The summed E-state index contributed by atoms with van der Waals surface area (Å²) in [5.74, 6) is 0. The molecule has 3 nitrogen and oxygen atoms in total. The first-order valence-electron chi connectivity index (χ1n) is 7.76. The van der Waals surface area contributed by atoms with Gasteiger partial charge < -0.3 is 10.1 Å². The Kier molecular flexibility index (Phi) is 6.02. The van der Waals surface area contributed by atoms with Gasteiger partial charge in [0.25, 0.3) is 0 Å². The van der Waals surface area contributed by atoms with Crippen LogP contribution in [0.3, 0.4) is 0 Å². The SMILES string of the molecule is CC(C)NCC(c1ccccc1)N(C)C1CCOCC1. The zero-order valence-electron chi connectivity index (χ0n) is 13.0. The summed E-state index contributed by atoms with van der Waals surface area (Å²) in [6.07, 6.45) is 2.28. The fourth-order valence-electron chi connectivity index (χ4n) is 2.87. The van der Waals surface area contributed by atoms with E-state index in [2.05, 4.69) is 61.4 Å². The molecule has 1 aromatic rings. The Morgan fingerprint density at radius 2 is 1.85 bits per heavy atom. The maximum absolute atomic E-state index is 5.49. The molecule has 112 valence electrons. The second kappa shape index (κ2) is 7.77. The lowest BCUT2D eigenvalue weighted by molar-refractivity contribution is 0.0278. The molecule has 1 heterocycles. The summed E-state index contributed by atoms with van der Waals surface area (Å²) in [5, 5.41) is 3.59. The van der Waals surface area contributed by atoms with Crippen molar-refractivity contribution < 1.29 is 4.74 Å². The van der Waals surface area contributed by atoms with Crippen molar-refractivity contribution in [2.75, 3.05) is 26.8 Å². The van der Waals surface area contributed by atoms with E-state index in [-0.39, 0.29) is 0 Å². The molecule has 0 radical (unpaired) electrons. The number of hydrogen-bond acceptors (Lipinski definition) is 3. The van der Waals surface area contributed by atoms with Gasteiger partial charge in [-0.05, 0) is 25.5 Å². The summed E-state index contributed by atoms with van der Waals surface area (Å²) in [6, 6.07) is 12.4. The Morgan fingerprint density at radius 3 is 2.45 bits per heavy atom. The first-order chi connectivity index (χ1) is 9.68. The average Bonchev–Trinajstić information content (AvgIpc) is 2.49. The van der Waals surface area contributed by atoms with Crippen LogP contribution < -0.4 is 5.32 Å². The molecule has 0 spiro atoms. The molecule has 1 aliphatic rings. The van der Waals surface area contributed by atoms with Gasteiger partial charge in [-0.3, -0.25) is 4.90 Å². The summed E-state index contributed by atoms with van der Waals surface area (Å²) in [6.45, 7) is 7.20. The predicted octanol–water partition coefficient (Wildman–Crippen LogP) is 2.84. The highest BCUT2D eigenvalue weighted by atomic mass is 16.5. The summed E-state index contributed by atoms with van der Waals surface area (Å²) in [5.41, 5.74) is 1.40. The molecule has 0 aromatic heterocycles. The van der Waals surface area contributed by atoms with Crippen LogP contribution in [0.1, 0.15) is 38.3 Å². The van der Waals surface area contributed by atoms with Gasteiger partial charge in [0.1, 0.15) is 0 Å². The molecule has 1 aliphatic heterocycles. The summed E-state index contributed by atoms with van der Waals surface area (Å²) in [4.78, 5) is 2.53. The van der Waals surface area contributed by atoms with Crippen LogP contribution in [0.4, 0.5) is 0 Å². The Hall–Kier alpha value is -0.900. The van der Waals surface area contributed by atoms with E-state index in [1.54, 1.807) is 0 Å². The van der Waals surface area contributed by atoms with E-state index in [4.69, 9.17) is 4.74 Å². The van der Waals surface area contributed by atoms with Gasteiger partial charge in [0, 0.05) is 37.9 Å². The van der Waals surface area contributed by atoms with Crippen LogP contribution in [-0.2, 0) is 4.74 Å². The van der Waals surface area contributed by atoms with Crippen molar-refractivity contribution in [3.8, 4) is 0 Å². The smallest absolute Gasteiger partial charge is 0.0480 e. The number of likely N-dealkylation sites (N-methyl/N-ethyl adjacent to an activating group) is 1. The van der Waals surface area contributed by atoms with E-state index in [1.807, 2.05) is 0 Å². The van der Waals surface area contributed by atoms with Gasteiger partial charge in [-0.1, -0.05) is 44.2 Å². The Morgan fingerprint density at radius 1 is 1.20 bits per heavy atom. The third kappa shape index (κ3) is 4.30. The number of nitrogens with one attached hydrogen (secondary N) is 1. The van der Waals surface area contributed by atoms with Gasteiger partial charge in [0.15, 0.2) is 0 Å². The van der Waals surface area contributed by atoms with E-state index >= 15 is 0 Å². The molecule has 2 rings (SSSR count). The minimum absolute atomic E-state index is 0.432. The van der Waals surface area contributed by atoms with Crippen LogP contribution in [-0.4, -0.2) is 43.8 Å². The monoisotopic (exact) mass is 276 g/mol. The topological polar surface area (TPSA) is 24.5 Å². The van der Waals surface area contributed by atoms with E-state index in [9.17, 15) is 0 Å². The molecule has 1 atom stereocenters. The first-order valence-corrected chi connectivity index (χ1v) is 7.76. The first kappa shape index (κ1) is 15.5. The van der Waals surface area contributed by atoms with Gasteiger partial charge in [0.05, 0.1) is 0 Å². The molecule has 0 amide bonds. The maximum atomic E-state index is 5.49. The number of rotatable bonds is 6. The predicted molar refractivity (Wildman–Crippen MR) is 83.9 cm³/mol. The Bertz CT molecular complexity index is 374. The third-order valence-electron chi connectivity index (χ3n) is 4.16. The van der Waals surface area contributed by atoms with Crippen molar-refractivity contribution in [2.24, 2.45) is 0 Å². The molecule has 0 bridgehead atoms. The molecule has 1 N–H and O–H groups in total. The highest BCUT2D eigenvalue weighted by molar-refractivity contribution is 5.19. The standard InChI is InChI=1S/C17H28N2O/c1-14(2)18-13-17(15-7-5-4-6-8-15)19(3)16-9-11-20-12-10-16/h4-8,14,16-18H,9-13H2,1-3H3. The van der Waals surface area contributed by atoms with Crippen molar-refractivity contribution in [3.63, 3.8) is 0 Å². The van der Waals surface area contributed by atoms with Gasteiger partial charge in [-0.15, -0.1) is 0 Å². The lowest BCUT2D eigenvalue weighted by Gasteiger charge is -2.38. The van der Waals surface area contributed by atoms with Crippen molar-refractivity contribution in [3.05, 3.63) is 35.9 Å². The van der Waals surface area contributed by atoms with Crippen LogP contribution in [0.15, 0.2) is 30.3 Å². The van der Waals surface area contributed by atoms with Crippen molar-refractivity contribution in [1.29, 1.82) is 0 Å². The molecule has 1 saturated heterocycles. The van der Waals surface area contributed by atoms with E-state index in [0.29, 0.717) is 18.1 Å². The van der Waals surface area contributed by atoms with Crippen LogP contribution >= 0.6 is 0 Å². The van der Waals surface area contributed by atoms with E-state index < -0.39 is 0 Å². The van der Waals surface area contributed by atoms with Crippen molar-refractivity contribution in [1.82, 2.24) is 10.2 Å². The fraction of sp³-hybridized carbons (Fsp3) is 0.647. The molecular formula is C17H28N2O. The van der Waals surface area contributed by atoms with Crippen molar-refractivity contribution >= 4 is 0 Å². The minimum atomic E-state index is 0.432. The van der Waals surface area contributed by atoms with Gasteiger partial charge in [-0.25, -0.2) is 0 Å². The van der Waals surface area contributed by atoms with E-state index in [0.717, 1.165) is 32.6 Å². The molecule has 1 aromatic carbocycles. The summed E-state index contributed by atoms with van der Waals surface area (Å²) < 4.78 is 5.49. The lowest BCUT2D eigenvalue weighted by Crippen LogP contribution is -2.43. The van der Waals surface area contributed by atoms with Crippen molar-refractivity contribution in [2.45, 2.75) is 44.8 Å². The second-order valence-electron chi connectivity index (χ2n) is 6.00. The highest BCUT2D eigenvalue weighted by Crippen LogP contribution is 2.25. The Balaban J connectivity index is 2.08. The van der Waals surface area contributed by atoms with Crippen LogP contribution in [0.25, 0.3) is 0 Å². The molecular weight excluding hydrogens is 248 g/mol. The average molecular weight is 276 g/mol. The normalized spacial score (nSPS) is 18.6. The molecule has 1 fully saturated rings. The molecule has 20 heavy (non-hydrogen) atoms. The van der Waals surface area contributed by atoms with Crippen LogP contribution in [0, 0.1) is 0 Å². The maximum Gasteiger partial charge on any atom is 0.0480 e. The quantitative estimate of drug-likeness (QED) is 0.864. The zero-order valence-corrected chi connectivity index (χ0v) is 13.0. The zero-order chi connectivity index (χ0) is 14.4. The summed E-state index contributed by atoms with van der Waals surface area (Å²) >= 11 is 0. The second-order valence-corrected chi connectivity index (χ2v) is 6.00. The molecule has 3 heteroatoms. The number of benzene rings is 1. The Labute approximate surface area is 123 Å². The fourth-order valence-corrected chi connectivity index (χ4v) is 2.87. The van der Waals surface area contributed by atoms with E-state index in [1.165, 1.54) is 5.56 Å². The number of hydrogen-bond donors (Lipinski definition) is 1. The largest absolute Gasteiger partial charge is 0.381 e. The summed E-state index contributed by atoms with van der Waals surface area (Å²) in [7, 11) is 2.26. The third-order valence-corrected chi connectivity index (χ3v) is 4.16. The highest BCUT2D eigenvalue weighted by Gasteiger charge is 2.25. The van der Waals surface area contributed by atoms with Gasteiger partial charge in [0.2, 0.25) is 0 Å². The molecule has 0 aliphatic carbocycles. The number of ether oxygens (including phenoxy) is 1. The van der Waals surface area contributed by atoms with Crippen LogP contribution in [0.5, 0.6) is 0 Å². The molecule has 1 unspecified atom stereocenters. The minimum Gasteiger partial charge on any atom is -0.381 e. The van der Waals surface area contributed by atoms with Gasteiger partial charge in [-0.2, -0.15) is 0 Å². The van der Waals surface area contributed by atoms with Gasteiger partial charge >= 0.3 is 0 Å². The van der Waals surface area contributed by atoms with Crippen LogP contribution in [0.2, 0.25) is 0 Å². The molecule has 0 saturated carbocycles. The number of nitrogens with zero attached hydrogens (tertiary/aromatic N) is 1.